The van der Waals surface area contributed by atoms with E-state index >= 15 is 0 Å². The van der Waals surface area contributed by atoms with E-state index < -0.39 is 0 Å². The van der Waals surface area contributed by atoms with Crippen molar-refractivity contribution < 1.29 is 19.0 Å². The summed E-state index contributed by atoms with van der Waals surface area (Å²) in [6.45, 7) is 5.08. The second kappa shape index (κ2) is 8.62. The van der Waals surface area contributed by atoms with Crippen LogP contribution in [0.2, 0.25) is 0 Å². The number of benzene rings is 1. The van der Waals surface area contributed by atoms with Crippen LogP contribution in [-0.4, -0.2) is 44.5 Å². The van der Waals surface area contributed by atoms with Gasteiger partial charge in [-0.25, -0.2) is 4.79 Å². The zero-order chi connectivity index (χ0) is 16.7. The molecule has 1 saturated heterocycles. The molecule has 23 heavy (non-hydrogen) atoms. The van der Waals surface area contributed by atoms with Crippen LogP contribution in [-0.2, 0) is 4.74 Å². The molecule has 3 atom stereocenters. The summed E-state index contributed by atoms with van der Waals surface area (Å²) in [5, 5.41) is 5.83. The third-order valence-electron chi connectivity index (χ3n) is 3.77. The molecule has 0 aliphatic carbocycles. The summed E-state index contributed by atoms with van der Waals surface area (Å²) < 4.78 is 16.3. The number of methoxy groups -OCH3 is 1. The van der Waals surface area contributed by atoms with Crippen molar-refractivity contribution in [3.63, 3.8) is 0 Å². The summed E-state index contributed by atoms with van der Waals surface area (Å²) >= 11 is 0. The van der Waals surface area contributed by atoms with Crippen LogP contribution in [0.5, 0.6) is 11.5 Å². The fourth-order valence-electron chi connectivity index (χ4n) is 2.53. The van der Waals surface area contributed by atoms with E-state index in [1.807, 2.05) is 38.1 Å². The lowest BCUT2D eigenvalue weighted by Gasteiger charge is -2.28. The van der Waals surface area contributed by atoms with Crippen LogP contribution >= 0.6 is 0 Å². The Morgan fingerprint density at radius 1 is 1.35 bits per heavy atom. The maximum Gasteiger partial charge on any atom is 0.315 e. The van der Waals surface area contributed by atoms with Gasteiger partial charge in [-0.05, 0) is 51.0 Å². The highest BCUT2D eigenvalue weighted by atomic mass is 16.5. The first-order valence-electron chi connectivity index (χ1n) is 8.03. The highest BCUT2D eigenvalue weighted by Gasteiger charge is 2.20. The summed E-state index contributed by atoms with van der Waals surface area (Å²) in [6, 6.07) is 7.39. The van der Waals surface area contributed by atoms with Crippen LogP contribution < -0.4 is 20.1 Å². The fourth-order valence-corrected chi connectivity index (χ4v) is 2.53. The van der Waals surface area contributed by atoms with Gasteiger partial charge < -0.3 is 24.8 Å². The van der Waals surface area contributed by atoms with Crippen molar-refractivity contribution in [3.8, 4) is 11.5 Å². The third-order valence-corrected chi connectivity index (χ3v) is 3.77. The average molecular weight is 322 g/mol. The van der Waals surface area contributed by atoms with Gasteiger partial charge in [-0.3, -0.25) is 0 Å². The van der Waals surface area contributed by atoms with Gasteiger partial charge in [0.2, 0.25) is 0 Å². The van der Waals surface area contributed by atoms with Crippen molar-refractivity contribution in [3.05, 3.63) is 24.3 Å². The van der Waals surface area contributed by atoms with Crippen molar-refractivity contribution in [1.82, 2.24) is 10.6 Å². The molecule has 0 bridgehead atoms. The summed E-state index contributed by atoms with van der Waals surface area (Å²) in [7, 11) is 1.63. The van der Waals surface area contributed by atoms with Crippen LogP contribution in [0.15, 0.2) is 24.3 Å². The second-order valence-electron chi connectivity index (χ2n) is 5.86. The topological polar surface area (TPSA) is 68.8 Å². The number of carbonyl (C=O) groups is 1. The van der Waals surface area contributed by atoms with Gasteiger partial charge in [0.1, 0.15) is 17.6 Å². The minimum absolute atomic E-state index is 0.122. The first-order valence-corrected chi connectivity index (χ1v) is 8.03. The Labute approximate surface area is 137 Å². The lowest BCUT2D eigenvalue weighted by Crippen LogP contribution is -2.47. The van der Waals surface area contributed by atoms with Crippen molar-refractivity contribution >= 4 is 6.03 Å². The summed E-state index contributed by atoms with van der Waals surface area (Å²) in [5.41, 5.74) is 0. The van der Waals surface area contributed by atoms with Crippen LogP contribution in [0.1, 0.15) is 26.7 Å². The van der Waals surface area contributed by atoms with E-state index in [1.54, 1.807) is 7.11 Å². The average Bonchev–Trinajstić information content (AvgIpc) is 2.54. The first kappa shape index (κ1) is 17.4. The highest BCUT2D eigenvalue weighted by Crippen LogP contribution is 2.18. The molecule has 0 spiro atoms. The molecule has 1 aliphatic rings. The van der Waals surface area contributed by atoms with Gasteiger partial charge in [0.05, 0.1) is 19.8 Å². The van der Waals surface area contributed by atoms with Crippen molar-refractivity contribution in [1.29, 1.82) is 0 Å². The Hall–Kier alpha value is -1.95. The summed E-state index contributed by atoms with van der Waals surface area (Å²) in [4.78, 5) is 11.9. The predicted molar refractivity (Wildman–Crippen MR) is 88.1 cm³/mol. The van der Waals surface area contributed by atoms with Gasteiger partial charge in [0.15, 0.2) is 0 Å². The molecule has 0 radical (unpaired) electrons. The lowest BCUT2D eigenvalue weighted by molar-refractivity contribution is 0.0153. The molecular formula is C17H26N2O4. The molecule has 1 aliphatic heterocycles. The Morgan fingerprint density at radius 3 is 2.70 bits per heavy atom. The summed E-state index contributed by atoms with van der Waals surface area (Å²) in [6.07, 6.45) is 1.79. The van der Waals surface area contributed by atoms with Gasteiger partial charge in [-0.2, -0.15) is 0 Å². The minimum Gasteiger partial charge on any atom is -0.497 e. The van der Waals surface area contributed by atoms with Crippen molar-refractivity contribution in [2.24, 2.45) is 0 Å². The number of hydrogen-bond donors (Lipinski definition) is 2. The zero-order valence-electron chi connectivity index (χ0n) is 14.0. The molecular weight excluding hydrogens is 296 g/mol. The molecule has 6 heteroatoms. The smallest absolute Gasteiger partial charge is 0.315 e. The maximum absolute atomic E-state index is 11.9. The van der Waals surface area contributed by atoms with E-state index in [2.05, 4.69) is 10.6 Å². The maximum atomic E-state index is 11.9. The molecule has 128 valence electrons. The Bertz CT molecular complexity index is 492. The van der Waals surface area contributed by atoms with Gasteiger partial charge >= 0.3 is 6.03 Å². The van der Waals surface area contributed by atoms with E-state index in [0.29, 0.717) is 13.2 Å². The van der Waals surface area contributed by atoms with E-state index in [1.165, 1.54) is 0 Å². The number of nitrogens with one attached hydrogen (secondary N) is 2. The molecule has 2 N–H and O–H groups in total. The number of rotatable bonds is 6. The quantitative estimate of drug-likeness (QED) is 0.843. The molecule has 1 heterocycles. The third kappa shape index (κ3) is 5.98. The second-order valence-corrected chi connectivity index (χ2v) is 5.86. The van der Waals surface area contributed by atoms with Gasteiger partial charge in [0, 0.05) is 12.6 Å². The number of carbonyl (C=O) groups excluding carboxylic acids is 1. The molecule has 2 amide bonds. The molecule has 2 rings (SSSR count). The van der Waals surface area contributed by atoms with E-state index in [-0.39, 0.29) is 24.3 Å². The van der Waals surface area contributed by atoms with Gasteiger partial charge in [0.25, 0.3) is 0 Å². The summed E-state index contributed by atoms with van der Waals surface area (Å²) in [5.74, 6) is 1.53. The monoisotopic (exact) mass is 322 g/mol. The predicted octanol–water partition coefficient (Wildman–Crippen LogP) is 2.33. The highest BCUT2D eigenvalue weighted by molar-refractivity contribution is 5.74. The Morgan fingerprint density at radius 2 is 2.04 bits per heavy atom. The molecule has 6 nitrogen and oxygen atoms in total. The Kier molecular flexibility index (Phi) is 6.52. The molecule has 0 unspecified atom stereocenters. The van der Waals surface area contributed by atoms with Crippen molar-refractivity contribution in [2.45, 2.75) is 44.9 Å². The van der Waals surface area contributed by atoms with Crippen molar-refractivity contribution in [2.75, 3.05) is 20.3 Å². The zero-order valence-corrected chi connectivity index (χ0v) is 14.0. The number of ether oxygens (including phenoxy) is 3. The molecule has 1 fully saturated rings. The number of amides is 2. The van der Waals surface area contributed by atoms with Gasteiger partial charge in [-0.1, -0.05) is 0 Å². The number of hydrogen-bond acceptors (Lipinski definition) is 4. The first-order chi connectivity index (χ1) is 11.1. The number of urea groups is 1. The minimum atomic E-state index is -0.158. The molecule has 1 aromatic carbocycles. The van der Waals surface area contributed by atoms with Crippen LogP contribution in [0.3, 0.4) is 0 Å². The Balaban J connectivity index is 1.68. The molecule has 0 aromatic heterocycles. The SMILES string of the molecule is COc1ccc(O[C@H](C)CNC(=O)N[C@@H]2CCO[C@@H](C)C2)cc1. The standard InChI is InChI=1S/C17H26N2O4/c1-12-10-14(8-9-22-12)19-17(20)18-11-13(2)23-16-6-4-15(21-3)5-7-16/h4-7,12-14H,8-11H2,1-3H3,(H2,18,19,20)/t12-,13+,14+/m0/s1. The van der Waals surface area contributed by atoms with E-state index in [9.17, 15) is 4.79 Å². The largest absolute Gasteiger partial charge is 0.497 e. The lowest BCUT2D eigenvalue weighted by atomic mass is 10.0. The molecule has 0 saturated carbocycles. The van der Waals surface area contributed by atoms with E-state index in [4.69, 9.17) is 14.2 Å². The van der Waals surface area contributed by atoms with Crippen LogP contribution in [0.4, 0.5) is 4.79 Å². The fraction of sp³-hybridized carbons (Fsp3) is 0.588. The van der Waals surface area contributed by atoms with Gasteiger partial charge in [-0.15, -0.1) is 0 Å². The van der Waals surface area contributed by atoms with E-state index in [0.717, 1.165) is 24.3 Å². The van der Waals surface area contributed by atoms with Crippen LogP contribution in [0, 0.1) is 0 Å². The van der Waals surface area contributed by atoms with Crippen LogP contribution in [0.25, 0.3) is 0 Å². The molecule has 1 aromatic rings. The normalized spacial score (nSPS) is 22.0.